The normalized spacial score (nSPS) is 28.4. The maximum absolute atomic E-state index is 12.7. The van der Waals surface area contributed by atoms with E-state index in [9.17, 15) is 18.3 Å². The van der Waals surface area contributed by atoms with E-state index in [4.69, 9.17) is 0 Å². The molecule has 0 bridgehead atoms. The minimum Gasteiger partial charge on any atom is -0.393 e. The predicted molar refractivity (Wildman–Crippen MR) is 94.3 cm³/mol. The number of piperidine rings is 1. The smallest absolute Gasteiger partial charge is 0.243 e. The second kappa shape index (κ2) is 7.85. The van der Waals surface area contributed by atoms with Crippen molar-refractivity contribution in [2.75, 3.05) is 13.1 Å². The standard InChI is InChI=1S/C18H26N2O4S/c21-16-10-8-14(9-11-16)18(22)19-15-5-4-12-20(13-15)25(23,24)17-6-2-1-3-7-17/h1-3,6-7,14-16,21H,4-5,8-13H2,(H,19,22). The number of amides is 1. The van der Waals surface area contributed by atoms with Gasteiger partial charge in [0.05, 0.1) is 11.0 Å². The van der Waals surface area contributed by atoms with E-state index in [1.165, 1.54) is 4.31 Å². The largest absolute Gasteiger partial charge is 0.393 e. The van der Waals surface area contributed by atoms with Crippen molar-refractivity contribution >= 4 is 15.9 Å². The Hall–Kier alpha value is -1.44. The summed E-state index contributed by atoms with van der Waals surface area (Å²) in [5, 5.41) is 12.6. The molecule has 3 rings (SSSR count). The van der Waals surface area contributed by atoms with E-state index in [0.717, 1.165) is 12.8 Å². The van der Waals surface area contributed by atoms with Crippen LogP contribution in [0.2, 0.25) is 0 Å². The summed E-state index contributed by atoms with van der Waals surface area (Å²) in [5.41, 5.74) is 0. The number of carbonyl (C=O) groups is 1. The number of rotatable bonds is 4. The average Bonchev–Trinajstić information content (AvgIpc) is 2.63. The van der Waals surface area contributed by atoms with Crippen molar-refractivity contribution in [2.45, 2.75) is 55.6 Å². The number of benzene rings is 1. The number of nitrogens with one attached hydrogen (secondary N) is 1. The highest BCUT2D eigenvalue weighted by Gasteiger charge is 2.32. The zero-order valence-electron chi connectivity index (χ0n) is 14.3. The lowest BCUT2D eigenvalue weighted by Crippen LogP contribution is -2.51. The highest BCUT2D eigenvalue weighted by atomic mass is 32.2. The second-order valence-electron chi connectivity index (χ2n) is 7.03. The Morgan fingerprint density at radius 3 is 2.44 bits per heavy atom. The van der Waals surface area contributed by atoms with Crippen molar-refractivity contribution < 1.29 is 18.3 Å². The van der Waals surface area contributed by atoms with E-state index in [1.54, 1.807) is 30.3 Å². The maximum atomic E-state index is 12.7. The molecule has 2 N–H and O–H groups in total. The van der Waals surface area contributed by atoms with Crippen molar-refractivity contribution in [1.29, 1.82) is 0 Å². The van der Waals surface area contributed by atoms with Crippen LogP contribution < -0.4 is 5.32 Å². The monoisotopic (exact) mass is 366 g/mol. The van der Waals surface area contributed by atoms with Crippen LogP contribution in [0.5, 0.6) is 0 Å². The fourth-order valence-electron chi connectivity index (χ4n) is 3.68. The first-order chi connectivity index (χ1) is 12.0. The fraction of sp³-hybridized carbons (Fsp3) is 0.611. The highest BCUT2D eigenvalue weighted by molar-refractivity contribution is 7.89. The molecule has 2 fully saturated rings. The summed E-state index contributed by atoms with van der Waals surface area (Å²) in [4.78, 5) is 12.7. The fourth-order valence-corrected chi connectivity index (χ4v) is 5.22. The van der Waals surface area contributed by atoms with Gasteiger partial charge in [-0.3, -0.25) is 4.79 Å². The van der Waals surface area contributed by atoms with Crippen LogP contribution in [0.3, 0.4) is 0 Å². The van der Waals surface area contributed by atoms with Crippen LogP contribution in [0.4, 0.5) is 0 Å². The van der Waals surface area contributed by atoms with Crippen molar-refractivity contribution in [3.05, 3.63) is 30.3 Å². The summed E-state index contributed by atoms with van der Waals surface area (Å²) in [5.74, 6) is -0.0691. The van der Waals surface area contributed by atoms with Crippen LogP contribution in [0, 0.1) is 5.92 Å². The van der Waals surface area contributed by atoms with Gasteiger partial charge in [0.25, 0.3) is 0 Å². The van der Waals surface area contributed by atoms with E-state index in [2.05, 4.69) is 5.32 Å². The van der Waals surface area contributed by atoms with Crippen LogP contribution in [-0.4, -0.2) is 49.0 Å². The van der Waals surface area contributed by atoms with Crippen molar-refractivity contribution in [2.24, 2.45) is 5.92 Å². The summed E-state index contributed by atoms with van der Waals surface area (Å²) < 4.78 is 27.0. The summed E-state index contributed by atoms with van der Waals surface area (Å²) in [6.07, 6.45) is 3.97. The molecular formula is C18H26N2O4S. The van der Waals surface area contributed by atoms with Gasteiger partial charge in [0.2, 0.25) is 15.9 Å². The summed E-state index contributed by atoms with van der Waals surface area (Å²) in [6.45, 7) is 0.803. The van der Waals surface area contributed by atoms with Crippen molar-refractivity contribution in [3.8, 4) is 0 Å². The zero-order valence-corrected chi connectivity index (χ0v) is 15.1. The van der Waals surface area contributed by atoms with E-state index < -0.39 is 10.0 Å². The number of sulfonamides is 1. The Morgan fingerprint density at radius 1 is 1.08 bits per heavy atom. The molecule has 0 radical (unpaired) electrons. The maximum Gasteiger partial charge on any atom is 0.243 e. The Kier molecular flexibility index (Phi) is 5.76. The van der Waals surface area contributed by atoms with E-state index in [1.807, 2.05) is 0 Å². The van der Waals surface area contributed by atoms with Crippen molar-refractivity contribution in [1.82, 2.24) is 9.62 Å². The number of aliphatic hydroxyl groups excluding tert-OH is 1. The van der Waals surface area contributed by atoms with Gasteiger partial charge >= 0.3 is 0 Å². The summed E-state index contributed by atoms with van der Waals surface area (Å²) in [7, 11) is -3.51. The zero-order chi connectivity index (χ0) is 17.9. The van der Waals surface area contributed by atoms with Gasteiger partial charge < -0.3 is 10.4 Å². The lowest BCUT2D eigenvalue weighted by Gasteiger charge is -2.34. The van der Waals surface area contributed by atoms with Gasteiger partial charge in [0, 0.05) is 25.0 Å². The van der Waals surface area contributed by atoms with Crippen LogP contribution in [0.15, 0.2) is 35.2 Å². The third-order valence-corrected chi connectivity index (χ3v) is 7.06. The minimum absolute atomic E-state index is 0.00383. The second-order valence-corrected chi connectivity index (χ2v) is 8.97. The SMILES string of the molecule is O=C(NC1CCCN(S(=O)(=O)c2ccccc2)C1)C1CCC(O)CC1. The van der Waals surface area contributed by atoms with Crippen LogP contribution in [0.1, 0.15) is 38.5 Å². The van der Waals surface area contributed by atoms with E-state index >= 15 is 0 Å². The number of carbonyl (C=O) groups excluding carboxylic acids is 1. The molecule has 1 amide bonds. The Morgan fingerprint density at radius 2 is 1.76 bits per heavy atom. The van der Waals surface area contributed by atoms with Gasteiger partial charge in [-0.1, -0.05) is 18.2 Å². The first-order valence-electron chi connectivity index (χ1n) is 9.00. The third kappa shape index (κ3) is 4.40. The van der Waals surface area contributed by atoms with Crippen LogP contribution in [-0.2, 0) is 14.8 Å². The molecule has 0 spiro atoms. The predicted octanol–water partition coefficient (Wildman–Crippen LogP) is 1.51. The van der Waals surface area contributed by atoms with Gasteiger partial charge in [-0.05, 0) is 50.7 Å². The lowest BCUT2D eigenvalue weighted by molar-refractivity contribution is -0.127. The molecule has 1 aromatic carbocycles. The molecule has 1 heterocycles. The van der Waals surface area contributed by atoms with Crippen LogP contribution >= 0.6 is 0 Å². The topological polar surface area (TPSA) is 86.7 Å². The molecule has 1 atom stereocenters. The minimum atomic E-state index is -3.51. The van der Waals surface area contributed by atoms with E-state index in [0.29, 0.717) is 43.7 Å². The Balaban J connectivity index is 1.60. The number of hydrogen-bond donors (Lipinski definition) is 2. The number of aliphatic hydroxyl groups is 1. The molecule has 6 nitrogen and oxygen atoms in total. The first-order valence-corrected chi connectivity index (χ1v) is 10.4. The molecule has 1 aliphatic heterocycles. The van der Waals surface area contributed by atoms with Crippen molar-refractivity contribution in [3.63, 3.8) is 0 Å². The third-order valence-electron chi connectivity index (χ3n) is 5.18. The lowest BCUT2D eigenvalue weighted by atomic mass is 9.86. The van der Waals surface area contributed by atoms with Gasteiger partial charge in [0.1, 0.15) is 0 Å². The van der Waals surface area contributed by atoms with Gasteiger partial charge in [-0.2, -0.15) is 4.31 Å². The molecule has 138 valence electrons. The Bertz CT molecular complexity index is 684. The molecule has 1 unspecified atom stereocenters. The van der Waals surface area contributed by atoms with Crippen LogP contribution in [0.25, 0.3) is 0 Å². The summed E-state index contributed by atoms with van der Waals surface area (Å²) >= 11 is 0. The molecule has 1 aromatic rings. The summed E-state index contributed by atoms with van der Waals surface area (Å²) in [6, 6.07) is 8.28. The number of hydrogen-bond acceptors (Lipinski definition) is 4. The van der Waals surface area contributed by atoms with Gasteiger partial charge in [0.15, 0.2) is 0 Å². The molecule has 1 saturated carbocycles. The molecule has 7 heteroatoms. The average molecular weight is 366 g/mol. The van der Waals surface area contributed by atoms with Gasteiger partial charge in [-0.25, -0.2) is 8.42 Å². The molecule has 1 aliphatic carbocycles. The molecule has 0 aromatic heterocycles. The number of nitrogens with zero attached hydrogens (tertiary/aromatic N) is 1. The molecule has 2 aliphatic rings. The van der Waals surface area contributed by atoms with Gasteiger partial charge in [-0.15, -0.1) is 0 Å². The first kappa shape index (κ1) is 18.4. The Labute approximate surface area is 149 Å². The quantitative estimate of drug-likeness (QED) is 0.846. The highest BCUT2D eigenvalue weighted by Crippen LogP contribution is 2.25. The molecule has 25 heavy (non-hydrogen) atoms. The molecular weight excluding hydrogens is 340 g/mol. The van der Waals surface area contributed by atoms with E-state index in [-0.39, 0.29) is 24.0 Å². The molecule has 1 saturated heterocycles.